The van der Waals surface area contributed by atoms with Crippen LogP contribution in [0.15, 0.2) is 36.4 Å². The molecule has 0 unspecified atom stereocenters. The molecule has 0 atom stereocenters. The smallest absolute Gasteiger partial charge is 0.248 e. The van der Waals surface area contributed by atoms with Gasteiger partial charge in [0.1, 0.15) is 5.82 Å². The lowest BCUT2D eigenvalue weighted by Crippen LogP contribution is -2.12. The van der Waals surface area contributed by atoms with Crippen LogP contribution < -0.4 is 5.73 Å². The van der Waals surface area contributed by atoms with E-state index in [1.165, 1.54) is 18.2 Å². The first-order valence-electron chi connectivity index (χ1n) is 5.04. The minimum Gasteiger partial charge on any atom is -0.366 e. The molecule has 0 spiro atoms. The number of halogens is 3. The van der Waals surface area contributed by atoms with Crippen molar-refractivity contribution < 1.29 is 18.0 Å². The van der Waals surface area contributed by atoms with Crippen LogP contribution in [0.5, 0.6) is 0 Å². The lowest BCUT2D eigenvalue weighted by Gasteiger charge is -2.06. The summed E-state index contributed by atoms with van der Waals surface area (Å²) in [6.07, 6.45) is 0. The summed E-state index contributed by atoms with van der Waals surface area (Å²) in [5.74, 6) is -3.82. The predicted octanol–water partition coefficient (Wildman–Crippen LogP) is 2.87. The molecule has 0 saturated carbocycles. The van der Waals surface area contributed by atoms with Crippen molar-refractivity contribution in [2.24, 2.45) is 5.73 Å². The van der Waals surface area contributed by atoms with Gasteiger partial charge in [0.15, 0.2) is 11.6 Å². The lowest BCUT2D eigenvalue weighted by atomic mass is 10.0. The van der Waals surface area contributed by atoms with Crippen LogP contribution in [-0.2, 0) is 0 Å². The number of carbonyl (C=O) groups is 1. The molecule has 0 aliphatic rings. The zero-order valence-corrected chi connectivity index (χ0v) is 9.08. The molecule has 18 heavy (non-hydrogen) atoms. The predicted molar refractivity (Wildman–Crippen MR) is 60.3 cm³/mol. The molecule has 0 saturated heterocycles. The molecule has 92 valence electrons. The van der Waals surface area contributed by atoms with Crippen molar-refractivity contribution in [3.63, 3.8) is 0 Å². The summed E-state index contributed by atoms with van der Waals surface area (Å²) in [6.45, 7) is 0. The largest absolute Gasteiger partial charge is 0.366 e. The van der Waals surface area contributed by atoms with Crippen LogP contribution in [-0.4, -0.2) is 5.91 Å². The quantitative estimate of drug-likeness (QED) is 0.876. The van der Waals surface area contributed by atoms with Gasteiger partial charge in [0, 0.05) is 11.1 Å². The molecule has 0 bridgehead atoms. The third-order valence-corrected chi connectivity index (χ3v) is 2.45. The van der Waals surface area contributed by atoms with Gasteiger partial charge in [-0.15, -0.1) is 0 Å². The first-order chi connectivity index (χ1) is 8.49. The third kappa shape index (κ3) is 2.20. The number of primary amides is 1. The zero-order valence-electron chi connectivity index (χ0n) is 9.08. The highest BCUT2D eigenvalue weighted by atomic mass is 19.2. The number of hydrogen-bond donors (Lipinski definition) is 1. The third-order valence-electron chi connectivity index (χ3n) is 2.45. The van der Waals surface area contributed by atoms with Crippen molar-refractivity contribution in [2.75, 3.05) is 0 Å². The van der Waals surface area contributed by atoms with E-state index in [0.717, 1.165) is 12.1 Å². The van der Waals surface area contributed by atoms with E-state index < -0.39 is 23.4 Å². The fourth-order valence-electron chi connectivity index (χ4n) is 1.60. The Hall–Kier alpha value is -2.30. The summed E-state index contributed by atoms with van der Waals surface area (Å²) in [5.41, 5.74) is 4.76. The molecule has 2 rings (SSSR count). The second kappa shape index (κ2) is 4.52. The maximum absolute atomic E-state index is 13.6. The topological polar surface area (TPSA) is 43.1 Å². The summed E-state index contributed by atoms with van der Waals surface area (Å²) in [6, 6.07) is 6.79. The first-order valence-corrected chi connectivity index (χ1v) is 5.04. The highest BCUT2D eigenvalue weighted by Gasteiger charge is 2.15. The average Bonchev–Trinajstić information content (AvgIpc) is 2.32. The van der Waals surface area contributed by atoms with Gasteiger partial charge in [0.05, 0.1) is 0 Å². The average molecular weight is 251 g/mol. The number of benzene rings is 2. The number of rotatable bonds is 2. The summed E-state index contributed by atoms with van der Waals surface area (Å²) in [5, 5.41) is 0. The van der Waals surface area contributed by atoms with E-state index in [0.29, 0.717) is 6.07 Å². The van der Waals surface area contributed by atoms with Gasteiger partial charge in [-0.05, 0) is 29.8 Å². The molecule has 0 heterocycles. The number of hydrogen-bond acceptors (Lipinski definition) is 1. The van der Waals surface area contributed by atoms with Gasteiger partial charge in [-0.25, -0.2) is 13.2 Å². The van der Waals surface area contributed by atoms with Crippen LogP contribution in [0, 0.1) is 17.5 Å². The Morgan fingerprint density at radius 3 is 2.39 bits per heavy atom. The Morgan fingerprint density at radius 2 is 1.78 bits per heavy atom. The van der Waals surface area contributed by atoms with Crippen LogP contribution in [0.3, 0.4) is 0 Å². The standard InChI is InChI=1S/C13H8F3NO/c14-9-3-1-2-7(4-9)10-5-8(13(17)18)6-11(15)12(10)16/h1-6H,(H2,17,18). The second-order valence-corrected chi connectivity index (χ2v) is 3.69. The maximum Gasteiger partial charge on any atom is 0.248 e. The Balaban J connectivity index is 2.66. The monoisotopic (exact) mass is 251 g/mol. The van der Waals surface area contributed by atoms with Crippen molar-refractivity contribution in [3.05, 3.63) is 59.4 Å². The maximum atomic E-state index is 13.6. The van der Waals surface area contributed by atoms with Crippen LogP contribution in [0.4, 0.5) is 13.2 Å². The van der Waals surface area contributed by atoms with E-state index in [1.54, 1.807) is 0 Å². The zero-order chi connectivity index (χ0) is 13.3. The molecule has 2 aromatic carbocycles. The molecule has 0 radical (unpaired) electrons. The van der Waals surface area contributed by atoms with Crippen molar-refractivity contribution in [2.45, 2.75) is 0 Å². The van der Waals surface area contributed by atoms with Crippen LogP contribution in [0.25, 0.3) is 11.1 Å². The molecule has 0 aromatic heterocycles. The molecule has 0 fully saturated rings. The number of amides is 1. The van der Waals surface area contributed by atoms with E-state index in [1.807, 2.05) is 0 Å². The Bertz CT molecular complexity index is 626. The molecule has 2 aromatic rings. The second-order valence-electron chi connectivity index (χ2n) is 3.69. The van der Waals surface area contributed by atoms with Gasteiger partial charge in [0.25, 0.3) is 0 Å². The Morgan fingerprint density at radius 1 is 1.06 bits per heavy atom. The van der Waals surface area contributed by atoms with Crippen molar-refractivity contribution in [3.8, 4) is 11.1 Å². The molecule has 2 nitrogen and oxygen atoms in total. The number of nitrogens with two attached hydrogens (primary N) is 1. The summed E-state index contributed by atoms with van der Waals surface area (Å²) in [4.78, 5) is 11.0. The molecule has 0 aliphatic heterocycles. The normalized spacial score (nSPS) is 10.4. The van der Waals surface area contributed by atoms with E-state index in [4.69, 9.17) is 5.73 Å². The van der Waals surface area contributed by atoms with Gasteiger partial charge in [0.2, 0.25) is 5.91 Å². The van der Waals surface area contributed by atoms with Crippen molar-refractivity contribution in [1.29, 1.82) is 0 Å². The Labute approximate surface area is 101 Å². The summed E-state index contributed by atoms with van der Waals surface area (Å²) in [7, 11) is 0. The minimum absolute atomic E-state index is 0.134. The lowest BCUT2D eigenvalue weighted by molar-refractivity contribution is 0.1000. The van der Waals surface area contributed by atoms with Crippen LogP contribution in [0.1, 0.15) is 10.4 Å². The molecular formula is C13H8F3NO. The van der Waals surface area contributed by atoms with Crippen molar-refractivity contribution >= 4 is 5.91 Å². The highest BCUT2D eigenvalue weighted by molar-refractivity contribution is 5.94. The van der Waals surface area contributed by atoms with Gasteiger partial charge < -0.3 is 5.73 Å². The minimum atomic E-state index is -1.20. The van der Waals surface area contributed by atoms with E-state index in [9.17, 15) is 18.0 Å². The fraction of sp³-hybridized carbons (Fsp3) is 0. The van der Waals surface area contributed by atoms with Crippen LogP contribution >= 0.6 is 0 Å². The number of carbonyl (C=O) groups excluding carboxylic acids is 1. The SMILES string of the molecule is NC(=O)c1cc(F)c(F)c(-c2cccc(F)c2)c1. The van der Waals surface area contributed by atoms with Gasteiger partial charge in [-0.2, -0.15) is 0 Å². The highest BCUT2D eigenvalue weighted by Crippen LogP contribution is 2.26. The first kappa shape index (κ1) is 12.2. The Kier molecular flexibility index (Phi) is 3.06. The van der Waals surface area contributed by atoms with E-state index in [-0.39, 0.29) is 16.7 Å². The molecular weight excluding hydrogens is 243 g/mol. The molecule has 5 heteroatoms. The molecule has 1 amide bonds. The van der Waals surface area contributed by atoms with E-state index >= 15 is 0 Å². The molecule has 2 N–H and O–H groups in total. The van der Waals surface area contributed by atoms with Gasteiger partial charge >= 0.3 is 0 Å². The van der Waals surface area contributed by atoms with Crippen LogP contribution in [0.2, 0.25) is 0 Å². The summed E-state index contributed by atoms with van der Waals surface area (Å²) < 4.78 is 40.0. The van der Waals surface area contributed by atoms with Crippen molar-refractivity contribution in [1.82, 2.24) is 0 Å². The van der Waals surface area contributed by atoms with Gasteiger partial charge in [-0.1, -0.05) is 12.1 Å². The van der Waals surface area contributed by atoms with Gasteiger partial charge in [-0.3, -0.25) is 4.79 Å². The fourth-order valence-corrected chi connectivity index (χ4v) is 1.60. The van der Waals surface area contributed by atoms with E-state index in [2.05, 4.69) is 0 Å². The summed E-state index contributed by atoms with van der Waals surface area (Å²) >= 11 is 0. The molecule has 0 aliphatic carbocycles.